The SMILES string of the molecule is COc1cccc(C(=O)N2CC(Oc3ccc(-c4nc(-c5ccccc5)no4)cc3)C2)c1. The van der Waals surface area contributed by atoms with Gasteiger partial charge in [0.25, 0.3) is 11.8 Å². The van der Waals surface area contributed by atoms with Crippen LogP contribution in [0.5, 0.6) is 11.5 Å². The summed E-state index contributed by atoms with van der Waals surface area (Å²) in [7, 11) is 1.59. The first-order chi connectivity index (χ1) is 15.7. The van der Waals surface area contributed by atoms with Gasteiger partial charge >= 0.3 is 0 Å². The van der Waals surface area contributed by atoms with Gasteiger partial charge in [-0.25, -0.2) is 0 Å². The molecule has 1 amide bonds. The fraction of sp³-hybridized carbons (Fsp3) is 0.160. The van der Waals surface area contributed by atoms with Crippen molar-refractivity contribution in [2.75, 3.05) is 20.2 Å². The second kappa shape index (κ2) is 8.55. The van der Waals surface area contributed by atoms with Crippen molar-refractivity contribution in [2.45, 2.75) is 6.10 Å². The van der Waals surface area contributed by atoms with E-state index >= 15 is 0 Å². The Bertz CT molecular complexity index is 1220. The number of carbonyl (C=O) groups is 1. The van der Waals surface area contributed by atoms with E-state index in [2.05, 4.69) is 10.1 Å². The van der Waals surface area contributed by atoms with Gasteiger partial charge in [-0.3, -0.25) is 4.79 Å². The molecule has 1 saturated heterocycles. The Hall–Kier alpha value is -4.13. The van der Waals surface area contributed by atoms with Gasteiger partial charge in [-0.2, -0.15) is 4.98 Å². The zero-order valence-corrected chi connectivity index (χ0v) is 17.5. The molecule has 0 radical (unpaired) electrons. The maximum atomic E-state index is 12.6. The highest BCUT2D eigenvalue weighted by Crippen LogP contribution is 2.26. The van der Waals surface area contributed by atoms with Gasteiger partial charge in [-0.1, -0.05) is 41.6 Å². The summed E-state index contributed by atoms with van der Waals surface area (Å²) in [6.07, 6.45) is -0.0384. The Labute approximate surface area is 185 Å². The third kappa shape index (κ3) is 4.05. The molecule has 32 heavy (non-hydrogen) atoms. The molecule has 1 aromatic heterocycles. The summed E-state index contributed by atoms with van der Waals surface area (Å²) < 4.78 is 16.6. The maximum Gasteiger partial charge on any atom is 0.258 e. The number of carbonyl (C=O) groups excluding carboxylic acids is 1. The highest BCUT2D eigenvalue weighted by Gasteiger charge is 2.33. The first-order valence-electron chi connectivity index (χ1n) is 10.3. The monoisotopic (exact) mass is 427 g/mol. The van der Waals surface area contributed by atoms with Gasteiger partial charge in [0.2, 0.25) is 5.82 Å². The van der Waals surface area contributed by atoms with E-state index in [-0.39, 0.29) is 12.0 Å². The molecule has 0 aliphatic carbocycles. The van der Waals surface area contributed by atoms with Crippen LogP contribution < -0.4 is 9.47 Å². The minimum Gasteiger partial charge on any atom is -0.497 e. The van der Waals surface area contributed by atoms with Gasteiger partial charge < -0.3 is 18.9 Å². The zero-order valence-electron chi connectivity index (χ0n) is 17.5. The maximum absolute atomic E-state index is 12.6. The fourth-order valence-corrected chi connectivity index (χ4v) is 3.53. The highest BCUT2D eigenvalue weighted by molar-refractivity contribution is 5.95. The first-order valence-corrected chi connectivity index (χ1v) is 10.3. The van der Waals surface area contributed by atoms with Crippen LogP contribution >= 0.6 is 0 Å². The molecule has 1 aliphatic rings. The number of benzene rings is 3. The lowest BCUT2D eigenvalue weighted by molar-refractivity contribution is 0.0178. The number of aromatic nitrogens is 2. The number of rotatable bonds is 6. The summed E-state index contributed by atoms with van der Waals surface area (Å²) in [5.74, 6) is 2.38. The predicted molar refractivity (Wildman–Crippen MR) is 118 cm³/mol. The highest BCUT2D eigenvalue weighted by atomic mass is 16.5. The van der Waals surface area contributed by atoms with E-state index in [1.165, 1.54) is 0 Å². The number of ether oxygens (including phenoxy) is 2. The molecule has 2 heterocycles. The van der Waals surface area contributed by atoms with Crippen LogP contribution in [0.25, 0.3) is 22.8 Å². The molecule has 5 rings (SSSR count). The van der Waals surface area contributed by atoms with E-state index in [4.69, 9.17) is 14.0 Å². The Morgan fingerprint density at radius 2 is 1.72 bits per heavy atom. The summed E-state index contributed by atoms with van der Waals surface area (Å²) in [6.45, 7) is 1.09. The second-order valence-corrected chi connectivity index (χ2v) is 7.50. The van der Waals surface area contributed by atoms with Crippen molar-refractivity contribution in [1.82, 2.24) is 15.0 Å². The van der Waals surface area contributed by atoms with E-state index < -0.39 is 0 Å². The number of hydrogen-bond acceptors (Lipinski definition) is 6. The fourth-order valence-electron chi connectivity index (χ4n) is 3.53. The molecule has 0 spiro atoms. The van der Waals surface area contributed by atoms with Crippen molar-refractivity contribution < 1.29 is 18.8 Å². The molecule has 3 aromatic carbocycles. The van der Waals surface area contributed by atoms with Crippen LogP contribution in [-0.2, 0) is 0 Å². The first kappa shape index (κ1) is 19.8. The van der Waals surface area contributed by atoms with Crippen LogP contribution in [-0.4, -0.2) is 47.3 Å². The van der Waals surface area contributed by atoms with Crippen LogP contribution in [0.1, 0.15) is 10.4 Å². The van der Waals surface area contributed by atoms with Gasteiger partial charge in [0, 0.05) is 16.7 Å². The Kier molecular flexibility index (Phi) is 5.29. The summed E-state index contributed by atoms with van der Waals surface area (Å²) in [5.41, 5.74) is 2.33. The van der Waals surface area contributed by atoms with E-state index in [0.717, 1.165) is 16.9 Å². The van der Waals surface area contributed by atoms with Gasteiger partial charge in [-0.15, -0.1) is 0 Å². The average molecular weight is 427 g/mol. The van der Waals surface area contributed by atoms with Crippen molar-refractivity contribution in [1.29, 1.82) is 0 Å². The van der Waals surface area contributed by atoms with E-state index in [1.807, 2.05) is 66.7 Å². The normalized spacial score (nSPS) is 13.5. The van der Waals surface area contributed by atoms with Crippen LogP contribution in [0, 0.1) is 0 Å². The third-order valence-electron chi connectivity index (χ3n) is 5.31. The molecule has 0 unspecified atom stereocenters. The number of likely N-dealkylation sites (tertiary alicyclic amines) is 1. The molecule has 160 valence electrons. The van der Waals surface area contributed by atoms with Crippen molar-refractivity contribution in [3.63, 3.8) is 0 Å². The lowest BCUT2D eigenvalue weighted by Gasteiger charge is -2.39. The van der Waals surface area contributed by atoms with Crippen molar-refractivity contribution in [3.05, 3.63) is 84.4 Å². The van der Waals surface area contributed by atoms with Crippen LogP contribution in [0.4, 0.5) is 0 Å². The topological polar surface area (TPSA) is 77.7 Å². The summed E-state index contributed by atoms with van der Waals surface area (Å²) >= 11 is 0. The molecule has 0 bridgehead atoms. The predicted octanol–water partition coefficient (Wildman–Crippen LogP) is 4.32. The second-order valence-electron chi connectivity index (χ2n) is 7.50. The Morgan fingerprint density at radius 1 is 0.938 bits per heavy atom. The van der Waals surface area contributed by atoms with Crippen molar-refractivity contribution in [3.8, 4) is 34.3 Å². The van der Waals surface area contributed by atoms with Gasteiger partial charge in [-0.05, 0) is 42.5 Å². The standard InChI is InChI=1S/C25H21N3O4/c1-30-21-9-5-8-19(14-21)25(29)28-15-22(16-28)31-20-12-10-18(11-13-20)24-26-23(27-32-24)17-6-3-2-4-7-17/h2-14,22H,15-16H2,1H3. The summed E-state index contributed by atoms with van der Waals surface area (Å²) in [5, 5.41) is 4.05. The summed E-state index contributed by atoms with van der Waals surface area (Å²) in [6, 6.07) is 24.4. The molecule has 4 aromatic rings. The van der Waals surface area contributed by atoms with E-state index in [1.54, 1.807) is 24.1 Å². The molecule has 7 heteroatoms. The Balaban J connectivity index is 1.18. The largest absolute Gasteiger partial charge is 0.497 e. The van der Waals surface area contributed by atoms with Crippen LogP contribution in [0.15, 0.2) is 83.4 Å². The van der Waals surface area contributed by atoms with Gasteiger partial charge in [0.1, 0.15) is 17.6 Å². The number of amides is 1. The number of methoxy groups -OCH3 is 1. The molecule has 0 saturated carbocycles. The average Bonchev–Trinajstić information content (AvgIpc) is 3.32. The molecule has 7 nitrogen and oxygen atoms in total. The van der Waals surface area contributed by atoms with Crippen LogP contribution in [0.3, 0.4) is 0 Å². The van der Waals surface area contributed by atoms with E-state index in [0.29, 0.717) is 36.1 Å². The third-order valence-corrected chi connectivity index (χ3v) is 5.31. The lowest BCUT2D eigenvalue weighted by Crippen LogP contribution is -2.56. The lowest BCUT2D eigenvalue weighted by atomic mass is 10.1. The van der Waals surface area contributed by atoms with Gasteiger partial charge in [0.05, 0.1) is 20.2 Å². The zero-order chi connectivity index (χ0) is 21.9. The molecular formula is C25H21N3O4. The molecule has 1 aliphatic heterocycles. The quantitative estimate of drug-likeness (QED) is 0.456. The van der Waals surface area contributed by atoms with Crippen molar-refractivity contribution in [2.24, 2.45) is 0 Å². The minimum absolute atomic E-state index is 0.0234. The number of nitrogens with zero attached hydrogens (tertiary/aromatic N) is 3. The smallest absolute Gasteiger partial charge is 0.258 e. The van der Waals surface area contributed by atoms with Crippen molar-refractivity contribution >= 4 is 5.91 Å². The molecule has 1 fully saturated rings. The summed E-state index contributed by atoms with van der Waals surface area (Å²) in [4.78, 5) is 18.8. The molecule has 0 N–H and O–H groups in total. The Morgan fingerprint density at radius 3 is 2.47 bits per heavy atom. The van der Waals surface area contributed by atoms with Gasteiger partial charge in [0.15, 0.2) is 0 Å². The molecule has 0 atom stereocenters. The van der Waals surface area contributed by atoms with Crippen LogP contribution in [0.2, 0.25) is 0 Å². The van der Waals surface area contributed by atoms with E-state index in [9.17, 15) is 4.79 Å². The minimum atomic E-state index is -0.0384. The number of hydrogen-bond donors (Lipinski definition) is 0. The molecular weight excluding hydrogens is 406 g/mol.